The number of hydrogen-bond donors (Lipinski definition) is 1. The van der Waals surface area contributed by atoms with Gasteiger partial charge in [-0.25, -0.2) is 4.98 Å². The van der Waals surface area contributed by atoms with Crippen LogP contribution >= 0.6 is 11.3 Å². The second-order valence-corrected chi connectivity index (χ2v) is 9.61. The van der Waals surface area contributed by atoms with Gasteiger partial charge in [-0.1, -0.05) is 48.5 Å². The Morgan fingerprint density at radius 1 is 0.571 bits per heavy atom. The van der Waals surface area contributed by atoms with E-state index in [-0.39, 0.29) is 0 Å². The molecule has 0 atom stereocenters. The highest BCUT2D eigenvalue weighted by atomic mass is 32.1. The van der Waals surface area contributed by atoms with E-state index in [2.05, 4.69) is 96.3 Å². The van der Waals surface area contributed by atoms with Gasteiger partial charge in [0.15, 0.2) is 0 Å². The smallest absolute Gasteiger partial charge is 0.136 e. The van der Waals surface area contributed by atoms with Gasteiger partial charge in [0.05, 0.1) is 10.2 Å². The SMILES string of the molecule is c1ccc2sc(-c3ccc(Nc4ccc(-c5ccc6c(c5)oc5ccccc56)cc4)cc3)nc2c1. The van der Waals surface area contributed by atoms with Crippen molar-refractivity contribution in [1.29, 1.82) is 0 Å². The lowest BCUT2D eigenvalue weighted by molar-refractivity contribution is 0.669. The summed E-state index contributed by atoms with van der Waals surface area (Å²) in [6.45, 7) is 0. The third-order valence-electron chi connectivity index (χ3n) is 6.31. The summed E-state index contributed by atoms with van der Waals surface area (Å²) in [5, 5.41) is 6.85. The Labute approximate surface area is 206 Å². The Hall–Kier alpha value is -4.41. The van der Waals surface area contributed by atoms with E-state index >= 15 is 0 Å². The summed E-state index contributed by atoms with van der Waals surface area (Å²) in [6.07, 6.45) is 0. The van der Waals surface area contributed by atoms with E-state index < -0.39 is 0 Å². The third kappa shape index (κ3) is 3.65. The molecular weight excluding hydrogens is 448 g/mol. The molecule has 0 aliphatic rings. The van der Waals surface area contributed by atoms with E-state index in [4.69, 9.17) is 9.40 Å². The molecule has 0 amide bonds. The lowest BCUT2D eigenvalue weighted by Crippen LogP contribution is -1.90. The van der Waals surface area contributed by atoms with Crippen LogP contribution in [0.4, 0.5) is 11.4 Å². The molecule has 3 nitrogen and oxygen atoms in total. The first-order chi connectivity index (χ1) is 17.3. The van der Waals surface area contributed by atoms with Crippen molar-refractivity contribution in [3.63, 3.8) is 0 Å². The number of anilines is 2. The van der Waals surface area contributed by atoms with Crippen LogP contribution in [0.1, 0.15) is 0 Å². The third-order valence-corrected chi connectivity index (χ3v) is 7.40. The zero-order valence-electron chi connectivity index (χ0n) is 18.7. The van der Waals surface area contributed by atoms with Gasteiger partial charge in [0, 0.05) is 27.7 Å². The van der Waals surface area contributed by atoms with Crippen LogP contribution in [0.5, 0.6) is 0 Å². The average Bonchev–Trinajstić information content (AvgIpc) is 3.51. The molecule has 5 aromatic carbocycles. The molecule has 0 spiro atoms. The molecule has 0 aliphatic carbocycles. The minimum Gasteiger partial charge on any atom is -0.456 e. The zero-order valence-corrected chi connectivity index (χ0v) is 19.5. The fraction of sp³-hybridized carbons (Fsp3) is 0. The molecule has 0 saturated carbocycles. The molecule has 2 aromatic heterocycles. The summed E-state index contributed by atoms with van der Waals surface area (Å²) in [5.74, 6) is 0. The molecule has 7 aromatic rings. The monoisotopic (exact) mass is 468 g/mol. The Bertz CT molecular complexity index is 1780. The van der Waals surface area contributed by atoms with E-state index in [1.165, 1.54) is 4.70 Å². The Morgan fingerprint density at radius 2 is 1.23 bits per heavy atom. The molecule has 4 heteroatoms. The number of para-hydroxylation sites is 2. The highest BCUT2D eigenvalue weighted by Crippen LogP contribution is 2.33. The molecule has 35 heavy (non-hydrogen) atoms. The molecule has 0 saturated heterocycles. The lowest BCUT2D eigenvalue weighted by atomic mass is 10.0. The minimum absolute atomic E-state index is 0.916. The normalized spacial score (nSPS) is 11.4. The number of furan rings is 1. The molecule has 0 radical (unpaired) electrons. The summed E-state index contributed by atoms with van der Waals surface area (Å²) in [4.78, 5) is 4.76. The number of fused-ring (bicyclic) bond motifs is 4. The maximum absolute atomic E-state index is 6.06. The second-order valence-electron chi connectivity index (χ2n) is 8.58. The van der Waals surface area contributed by atoms with Crippen LogP contribution in [0.3, 0.4) is 0 Å². The maximum Gasteiger partial charge on any atom is 0.136 e. The number of rotatable bonds is 4. The molecule has 166 valence electrons. The van der Waals surface area contributed by atoms with Crippen LogP contribution in [0.25, 0.3) is 53.9 Å². The van der Waals surface area contributed by atoms with Crippen LogP contribution < -0.4 is 5.32 Å². The predicted molar refractivity (Wildman–Crippen MR) is 147 cm³/mol. The molecule has 0 unspecified atom stereocenters. The van der Waals surface area contributed by atoms with Crippen molar-refractivity contribution in [1.82, 2.24) is 4.98 Å². The quantitative estimate of drug-likeness (QED) is 0.280. The molecule has 0 aliphatic heterocycles. The highest BCUT2D eigenvalue weighted by Gasteiger charge is 2.09. The van der Waals surface area contributed by atoms with Crippen LogP contribution in [-0.4, -0.2) is 4.98 Å². The maximum atomic E-state index is 6.06. The first-order valence-corrected chi connectivity index (χ1v) is 12.4. The summed E-state index contributed by atoms with van der Waals surface area (Å²) in [6, 6.07) is 39.8. The van der Waals surface area contributed by atoms with Crippen molar-refractivity contribution >= 4 is 54.9 Å². The first kappa shape index (κ1) is 20.0. The van der Waals surface area contributed by atoms with Gasteiger partial charge in [0.2, 0.25) is 0 Å². The second kappa shape index (κ2) is 8.12. The average molecular weight is 469 g/mol. The Balaban J connectivity index is 1.11. The Kier molecular flexibility index (Phi) is 4.64. The lowest BCUT2D eigenvalue weighted by Gasteiger charge is -2.08. The highest BCUT2D eigenvalue weighted by molar-refractivity contribution is 7.21. The van der Waals surface area contributed by atoms with Gasteiger partial charge in [-0.05, 0) is 77.9 Å². The van der Waals surface area contributed by atoms with Crippen LogP contribution in [0, 0.1) is 0 Å². The van der Waals surface area contributed by atoms with Crippen molar-refractivity contribution in [3.8, 4) is 21.7 Å². The van der Waals surface area contributed by atoms with Gasteiger partial charge in [0.25, 0.3) is 0 Å². The van der Waals surface area contributed by atoms with Gasteiger partial charge >= 0.3 is 0 Å². The fourth-order valence-corrected chi connectivity index (χ4v) is 5.48. The Morgan fingerprint density at radius 3 is 2.03 bits per heavy atom. The van der Waals surface area contributed by atoms with E-state index in [1.54, 1.807) is 11.3 Å². The summed E-state index contributed by atoms with van der Waals surface area (Å²) < 4.78 is 7.27. The predicted octanol–water partition coefficient (Wildman–Crippen LogP) is 9.27. The first-order valence-electron chi connectivity index (χ1n) is 11.5. The van der Waals surface area contributed by atoms with Crippen LogP contribution in [-0.2, 0) is 0 Å². The van der Waals surface area contributed by atoms with Crippen molar-refractivity contribution in [2.45, 2.75) is 0 Å². The topological polar surface area (TPSA) is 38.1 Å². The van der Waals surface area contributed by atoms with Gasteiger partial charge in [-0.2, -0.15) is 0 Å². The van der Waals surface area contributed by atoms with Gasteiger partial charge in [-0.15, -0.1) is 11.3 Å². The largest absolute Gasteiger partial charge is 0.456 e. The number of aromatic nitrogens is 1. The standard InChI is InChI=1S/C31H20N2OS/c1-3-7-28-25(5-1)26-18-13-22(19-29(26)34-28)20-9-14-23(15-10-20)32-24-16-11-21(12-17-24)31-33-27-6-2-4-8-30(27)35-31/h1-19,32H. The van der Waals surface area contributed by atoms with E-state index in [1.807, 2.05) is 24.3 Å². The number of benzene rings is 5. The summed E-state index contributed by atoms with van der Waals surface area (Å²) in [7, 11) is 0. The summed E-state index contributed by atoms with van der Waals surface area (Å²) in [5.41, 5.74) is 8.42. The van der Waals surface area contributed by atoms with Crippen molar-refractivity contribution in [3.05, 3.63) is 115 Å². The fourth-order valence-electron chi connectivity index (χ4n) is 4.51. The number of nitrogens with one attached hydrogen (secondary N) is 1. The summed E-state index contributed by atoms with van der Waals surface area (Å²) >= 11 is 1.72. The van der Waals surface area contributed by atoms with Crippen LogP contribution in [0.15, 0.2) is 120 Å². The number of thiazole rings is 1. The van der Waals surface area contributed by atoms with E-state index in [0.29, 0.717) is 0 Å². The van der Waals surface area contributed by atoms with E-state index in [0.717, 1.165) is 60.5 Å². The van der Waals surface area contributed by atoms with E-state index in [9.17, 15) is 0 Å². The minimum atomic E-state index is 0.916. The molecule has 1 N–H and O–H groups in total. The van der Waals surface area contributed by atoms with Crippen molar-refractivity contribution < 1.29 is 4.42 Å². The number of nitrogens with zero attached hydrogens (tertiary/aromatic N) is 1. The van der Waals surface area contributed by atoms with Gasteiger partial charge in [0.1, 0.15) is 16.2 Å². The molecule has 2 heterocycles. The molecule has 7 rings (SSSR count). The van der Waals surface area contributed by atoms with Crippen molar-refractivity contribution in [2.75, 3.05) is 5.32 Å². The van der Waals surface area contributed by atoms with Crippen LogP contribution in [0.2, 0.25) is 0 Å². The molecule has 0 fully saturated rings. The zero-order chi connectivity index (χ0) is 23.2. The molecular formula is C31H20N2OS. The van der Waals surface area contributed by atoms with Gasteiger partial charge in [-0.3, -0.25) is 0 Å². The van der Waals surface area contributed by atoms with Crippen molar-refractivity contribution in [2.24, 2.45) is 0 Å². The number of hydrogen-bond acceptors (Lipinski definition) is 4. The molecule has 0 bridgehead atoms. The van der Waals surface area contributed by atoms with Gasteiger partial charge < -0.3 is 9.73 Å².